The molecular formula is C23H31N7O4. The number of piperazine rings is 1. The first-order valence-electron chi connectivity index (χ1n) is 11.5. The molecule has 0 amide bonds. The molecule has 2 saturated heterocycles. The Morgan fingerprint density at radius 2 is 1.82 bits per heavy atom. The lowest BCUT2D eigenvalue weighted by Gasteiger charge is -2.34. The maximum atomic E-state index is 10.6. The number of rotatable bonds is 6. The van der Waals surface area contributed by atoms with Crippen molar-refractivity contribution >= 4 is 28.4 Å². The average molecular weight is 470 g/mol. The molecule has 3 aromatic rings. The minimum absolute atomic E-state index is 0.173. The number of anilines is 3. The summed E-state index contributed by atoms with van der Waals surface area (Å²) in [5.74, 6) is 1.11. The molecule has 2 aromatic heterocycles. The molecule has 1 aromatic carbocycles. The first kappa shape index (κ1) is 22.9. The molecule has 182 valence electrons. The van der Waals surface area contributed by atoms with E-state index < -0.39 is 24.5 Å². The topological polar surface area (TPSA) is 121 Å². The van der Waals surface area contributed by atoms with Gasteiger partial charge in [-0.2, -0.15) is 0 Å². The zero-order valence-electron chi connectivity index (χ0n) is 19.6. The van der Waals surface area contributed by atoms with E-state index in [0.29, 0.717) is 22.8 Å². The third-order valence-electron chi connectivity index (χ3n) is 6.47. The number of hydrogen-bond donors (Lipinski definition) is 3. The summed E-state index contributed by atoms with van der Waals surface area (Å²) in [4.78, 5) is 18.3. The molecule has 0 bridgehead atoms. The van der Waals surface area contributed by atoms with Crippen LogP contribution in [0, 0.1) is 6.92 Å². The lowest BCUT2D eigenvalue weighted by molar-refractivity contribution is -0.0580. The number of nitrogens with zero attached hydrogens (tertiary/aromatic N) is 6. The largest absolute Gasteiger partial charge is 0.387 e. The van der Waals surface area contributed by atoms with Crippen LogP contribution in [0.1, 0.15) is 12.1 Å². The van der Waals surface area contributed by atoms with Gasteiger partial charge in [-0.1, -0.05) is 0 Å². The predicted octanol–water partition coefficient (Wildman–Crippen LogP) is 0.896. The van der Waals surface area contributed by atoms with E-state index in [1.54, 1.807) is 17.8 Å². The number of likely N-dealkylation sites (N-methyl/N-ethyl adjacent to an activating group) is 1. The molecule has 5 rings (SSSR count). The lowest BCUT2D eigenvalue weighted by Crippen LogP contribution is -2.44. The first-order valence-corrected chi connectivity index (χ1v) is 11.5. The zero-order valence-corrected chi connectivity index (χ0v) is 19.6. The van der Waals surface area contributed by atoms with Crippen LogP contribution in [-0.4, -0.2) is 99.9 Å². The van der Waals surface area contributed by atoms with E-state index in [0.717, 1.165) is 31.9 Å². The van der Waals surface area contributed by atoms with Crippen LogP contribution in [0.25, 0.3) is 11.2 Å². The van der Waals surface area contributed by atoms with Crippen LogP contribution in [-0.2, 0) is 9.47 Å². The predicted molar refractivity (Wildman–Crippen MR) is 127 cm³/mol. The van der Waals surface area contributed by atoms with Crippen molar-refractivity contribution in [2.75, 3.05) is 57.2 Å². The number of aromatic nitrogens is 4. The van der Waals surface area contributed by atoms with Crippen LogP contribution in [0.5, 0.6) is 0 Å². The maximum absolute atomic E-state index is 10.6. The van der Waals surface area contributed by atoms with Gasteiger partial charge in [-0.3, -0.25) is 4.57 Å². The molecule has 2 aliphatic rings. The SMILES string of the molecule is COC[C@H]1O[C@@H](n2cnc3c(Nc4ccc(N5CCN(C)CC5)cc4)nc(C)nc32)[C@H](O)[C@@H]1O. The molecule has 0 aliphatic carbocycles. The van der Waals surface area contributed by atoms with Crippen LogP contribution in [0.15, 0.2) is 30.6 Å². The van der Waals surface area contributed by atoms with Gasteiger partial charge in [-0.05, 0) is 38.2 Å². The summed E-state index contributed by atoms with van der Waals surface area (Å²) in [6.07, 6.45) is -2.11. The molecule has 0 spiro atoms. The van der Waals surface area contributed by atoms with Gasteiger partial charge < -0.3 is 34.8 Å². The number of aryl methyl sites for hydroxylation is 1. The second-order valence-corrected chi connectivity index (χ2v) is 8.91. The number of aliphatic hydroxyl groups excluding tert-OH is 2. The molecule has 4 atom stereocenters. The molecule has 0 saturated carbocycles. The van der Waals surface area contributed by atoms with Crippen molar-refractivity contribution in [3.63, 3.8) is 0 Å². The Labute approximate surface area is 198 Å². The van der Waals surface area contributed by atoms with Crippen LogP contribution < -0.4 is 10.2 Å². The molecule has 0 unspecified atom stereocenters. The average Bonchev–Trinajstić information content (AvgIpc) is 3.36. The van der Waals surface area contributed by atoms with Gasteiger partial charge in [0.05, 0.1) is 12.9 Å². The monoisotopic (exact) mass is 469 g/mol. The van der Waals surface area contributed by atoms with Gasteiger partial charge in [0.1, 0.15) is 24.1 Å². The highest BCUT2D eigenvalue weighted by Crippen LogP contribution is 2.33. The summed E-state index contributed by atoms with van der Waals surface area (Å²) in [7, 11) is 3.67. The number of benzene rings is 1. The number of ether oxygens (including phenoxy) is 2. The highest BCUT2D eigenvalue weighted by Gasteiger charge is 2.44. The molecule has 3 N–H and O–H groups in total. The van der Waals surface area contributed by atoms with E-state index >= 15 is 0 Å². The molecular weight excluding hydrogens is 438 g/mol. The summed E-state index contributed by atoms with van der Waals surface area (Å²) >= 11 is 0. The number of fused-ring (bicyclic) bond motifs is 1. The number of hydrogen-bond acceptors (Lipinski definition) is 10. The van der Waals surface area contributed by atoms with Crippen molar-refractivity contribution in [1.29, 1.82) is 0 Å². The van der Waals surface area contributed by atoms with Crippen LogP contribution >= 0.6 is 0 Å². The van der Waals surface area contributed by atoms with Gasteiger partial charge in [0, 0.05) is 44.7 Å². The number of nitrogens with one attached hydrogen (secondary N) is 1. The third-order valence-corrected chi connectivity index (χ3v) is 6.47. The minimum Gasteiger partial charge on any atom is -0.387 e. The van der Waals surface area contributed by atoms with E-state index in [-0.39, 0.29) is 6.61 Å². The van der Waals surface area contributed by atoms with Crippen molar-refractivity contribution in [3.05, 3.63) is 36.4 Å². The van der Waals surface area contributed by atoms with E-state index in [1.807, 2.05) is 12.1 Å². The normalized spacial score (nSPS) is 25.9. The molecule has 34 heavy (non-hydrogen) atoms. The van der Waals surface area contributed by atoms with Gasteiger partial charge in [0.2, 0.25) is 0 Å². The molecule has 4 heterocycles. The van der Waals surface area contributed by atoms with Gasteiger partial charge in [0.25, 0.3) is 0 Å². The zero-order chi connectivity index (χ0) is 23.8. The second-order valence-electron chi connectivity index (χ2n) is 8.91. The fraction of sp³-hybridized carbons (Fsp3) is 0.522. The van der Waals surface area contributed by atoms with Gasteiger partial charge in [0.15, 0.2) is 23.2 Å². The Balaban J connectivity index is 1.38. The quantitative estimate of drug-likeness (QED) is 0.480. The molecule has 11 nitrogen and oxygen atoms in total. The highest BCUT2D eigenvalue weighted by molar-refractivity contribution is 5.85. The van der Waals surface area contributed by atoms with Crippen molar-refractivity contribution in [2.45, 2.75) is 31.5 Å². The van der Waals surface area contributed by atoms with Crippen LogP contribution in [0.3, 0.4) is 0 Å². The van der Waals surface area contributed by atoms with Gasteiger partial charge in [-0.25, -0.2) is 15.0 Å². The van der Waals surface area contributed by atoms with Crippen LogP contribution in [0.4, 0.5) is 17.2 Å². The summed E-state index contributed by atoms with van der Waals surface area (Å²) < 4.78 is 12.6. The van der Waals surface area contributed by atoms with E-state index in [9.17, 15) is 10.2 Å². The van der Waals surface area contributed by atoms with Crippen molar-refractivity contribution < 1.29 is 19.7 Å². The maximum Gasteiger partial charge on any atom is 0.167 e. The Kier molecular flexibility index (Phi) is 6.36. The fourth-order valence-corrected chi connectivity index (χ4v) is 4.52. The van der Waals surface area contributed by atoms with E-state index in [2.05, 4.69) is 49.2 Å². The van der Waals surface area contributed by atoms with E-state index in [1.165, 1.54) is 12.8 Å². The summed E-state index contributed by atoms with van der Waals surface area (Å²) in [6, 6.07) is 8.28. The summed E-state index contributed by atoms with van der Waals surface area (Å²) in [6.45, 7) is 6.12. The van der Waals surface area contributed by atoms with Crippen molar-refractivity contribution in [1.82, 2.24) is 24.4 Å². The van der Waals surface area contributed by atoms with Gasteiger partial charge in [-0.15, -0.1) is 0 Å². The van der Waals surface area contributed by atoms with Crippen LogP contribution in [0.2, 0.25) is 0 Å². The second kappa shape index (κ2) is 9.43. The van der Waals surface area contributed by atoms with Crippen molar-refractivity contribution in [3.8, 4) is 0 Å². The summed E-state index contributed by atoms with van der Waals surface area (Å²) in [5.41, 5.74) is 3.15. The Bertz CT molecular complexity index is 1130. The Morgan fingerprint density at radius 3 is 2.53 bits per heavy atom. The fourth-order valence-electron chi connectivity index (χ4n) is 4.52. The van der Waals surface area contributed by atoms with E-state index in [4.69, 9.17) is 9.47 Å². The molecule has 0 radical (unpaired) electrons. The minimum atomic E-state index is -1.13. The van der Waals surface area contributed by atoms with Gasteiger partial charge >= 0.3 is 0 Å². The molecule has 2 aliphatic heterocycles. The smallest absolute Gasteiger partial charge is 0.167 e. The Hall–Kier alpha value is -2.83. The molecule has 2 fully saturated rings. The number of imidazole rings is 1. The summed E-state index contributed by atoms with van der Waals surface area (Å²) in [5, 5.41) is 24.2. The Morgan fingerprint density at radius 1 is 1.09 bits per heavy atom. The lowest BCUT2D eigenvalue weighted by atomic mass is 10.1. The standard InChI is InChI=1S/C23H31N7O4/c1-14-25-21(27-15-4-6-16(7-5-15)29-10-8-28(2)9-11-29)18-22(26-14)30(13-24-18)23-20(32)19(31)17(34-23)12-33-3/h4-7,13,17,19-20,23,31-32H,8-12H2,1-3H3,(H,25,26,27)/t17-,19-,20-,23-/m1/s1. The first-order chi connectivity index (χ1) is 16.4. The highest BCUT2D eigenvalue weighted by atomic mass is 16.6. The third kappa shape index (κ3) is 4.32. The number of methoxy groups -OCH3 is 1. The molecule has 11 heteroatoms. The number of aliphatic hydroxyl groups is 2. The van der Waals surface area contributed by atoms with Crippen molar-refractivity contribution in [2.24, 2.45) is 0 Å².